The lowest BCUT2D eigenvalue weighted by molar-refractivity contribution is 0.0697. The molecule has 0 amide bonds. The number of hydrogen-bond acceptors (Lipinski definition) is 4. The van der Waals surface area contributed by atoms with Crippen molar-refractivity contribution in [3.8, 4) is 17.0 Å². The van der Waals surface area contributed by atoms with Crippen molar-refractivity contribution in [2.24, 2.45) is 0 Å². The molecule has 1 aromatic carbocycles. The Morgan fingerprint density at radius 3 is 2.89 bits per heavy atom. The van der Waals surface area contributed by atoms with E-state index in [-0.39, 0.29) is 11.7 Å². The van der Waals surface area contributed by atoms with Crippen LogP contribution in [0.4, 0.5) is 0 Å². The van der Waals surface area contributed by atoms with Crippen LogP contribution >= 0.6 is 11.3 Å². The van der Waals surface area contributed by atoms with Crippen LogP contribution in [0.1, 0.15) is 23.2 Å². The monoisotopic (exact) mass is 261 g/mol. The molecule has 0 radical (unpaired) electrons. The van der Waals surface area contributed by atoms with E-state index in [1.165, 1.54) is 11.3 Å². The molecule has 1 N–H and O–H groups in total. The Labute approximate surface area is 108 Å². The summed E-state index contributed by atoms with van der Waals surface area (Å²) in [5.74, 6) is -0.224. The highest BCUT2D eigenvalue weighted by Gasteiger charge is 2.25. The molecule has 92 valence electrons. The van der Waals surface area contributed by atoms with Crippen LogP contribution in [0, 0.1) is 0 Å². The predicted molar refractivity (Wildman–Crippen MR) is 68.2 cm³/mol. The number of ether oxygens (including phenoxy) is 1. The summed E-state index contributed by atoms with van der Waals surface area (Å²) in [6, 6.07) is 4.90. The molecule has 1 aliphatic carbocycles. The van der Waals surface area contributed by atoms with Gasteiger partial charge in [0.05, 0.1) is 22.9 Å². The van der Waals surface area contributed by atoms with Gasteiger partial charge in [-0.2, -0.15) is 0 Å². The van der Waals surface area contributed by atoms with E-state index in [0.717, 1.165) is 24.1 Å². The molecular weight excluding hydrogens is 250 g/mol. The van der Waals surface area contributed by atoms with Crippen LogP contribution in [-0.2, 0) is 0 Å². The summed E-state index contributed by atoms with van der Waals surface area (Å²) in [4.78, 5) is 15.2. The number of carbonyl (C=O) groups is 1. The van der Waals surface area contributed by atoms with E-state index in [1.54, 1.807) is 23.7 Å². The Balaban J connectivity index is 2.04. The van der Waals surface area contributed by atoms with Gasteiger partial charge in [-0.05, 0) is 31.0 Å². The van der Waals surface area contributed by atoms with Crippen LogP contribution in [0.5, 0.6) is 5.75 Å². The van der Waals surface area contributed by atoms with E-state index in [9.17, 15) is 4.79 Å². The van der Waals surface area contributed by atoms with E-state index in [1.807, 2.05) is 5.38 Å². The molecule has 1 aliphatic rings. The summed E-state index contributed by atoms with van der Waals surface area (Å²) in [5, 5.41) is 10.9. The second kappa shape index (κ2) is 4.42. The highest BCUT2D eigenvalue weighted by Crippen LogP contribution is 2.35. The molecule has 0 bridgehead atoms. The molecule has 0 saturated heterocycles. The zero-order valence-corrected chi connectivity index (χ0v) is 10.3. The van der Waals surface area contributed by atoms with Crippen LogP contribution in [0.3, 0.4) is 0 Å². The van der Waals surface area contributed by atoms with Gasteiger partial charge in [-0.25, -0.2) is 9.78 Å². The van der Waals surface area contributed by atoms with Crippen LogP contribution in [0.15, 0.2) is 29.1 Å². The van der Waals surface area contributed by atoms with Gasteiger partial charge in [-0.15, -0.1) is 11.3 Å². The Hall–Kier alpha value is -1.88. The smallest absolute Gasteiger partial charge is 0.335 e. The summed E-state index contributed by atoms with van der Waals surface area (Å²) in [6.07, 6.45) is 2.41. The van der Waals surface area contributed by atoms with Crippen molar-refractivity contribution >= 4 is 17.3 Å². The van der Waals surface area contributed by atoms with Crippen molar-refractivity contribution in [1.29, 1.82) is 0 Å². The lowest BCUT2D eigenvalue weighted by Gasteiger charge is -2.10. The summed E-state index contributed by atoms with van der Waals surface area (Å²) < 4.78 is 5.79. The molecule has 0 unspecified atom stereocenters. The minimum absolute atomic E-state index is 0.251. The first-order valence-corrected chi connectivity index (χ1v) is 6.61. The first-order chi connectivity index (χ1) is 8.74. The average molecular weight is 261 g/mol. The molecular formula is C13H11NO3S. The van der Waals surface area contributed by atoms with Gasteiger partial charge in [0.2, 0.25) is 0 Å². The van der Waals surface area contributed by atoms with Crippen LogP contribution in [-0.4, -0.2) is 22.2 Å². The quantitative estimate of drug-likeness (QED) is 0.919. The van der Waals surface area contributed by atoms with E-state index in [2.05, 4.69) is 4.98 Å². The number of carboxylic acids is 1. The number of carboxylic acid groups (broad SMARTS) is 1. The van der Waals surface area contributed by atoms with E-state index in [4.69, 9.17) is 9.84 Å². The van der Waals surface area contributed by atoms with Gasteiger partial charge in [0.15, 0.2) is 0 Å². The van der Waals surface area contributed by atoms with Gasteiger partial charge in [0, 0.05) is 10.9 Å². The number of rotatable bonds is 4. The third kappa shape index (κ3) is 2.22. The Morgan fingerprint density at radius 1 is 1.44 bits per heavy atom. The second-order valence-corrected chi connectivity index (χ2v) is 4.93. The van der Waals surface area contributed by atoms with Gasteiger partial charge in [0.25, 0.3) is 0 Å². The van der Waals surface area contributed by atoms with Crippen molar-refractivity contribution in [3.63, 3.8) is 0 Å². The van der Waals surface area contributed by atoms with Gasteiger partial charge < -0.3 is 9.84 Å². The normalized spacial score (nSPS) is 14.4. The molecule has 5 heteroatoms. The minimum Gasteiger partial charge on any atom is -0.490 e. The minimum atomic E-state index is -0.940. The first kappa shape index (κ1) is 11.2. The van der Waals surface area contributed by atoms with E-state index in [0.29, 0.717) is 5.75 Å². The molecule has 0 aliphatic heterocycles. The Morgan fingerprint density at radius 2 is 2.28 bits per heavy atom. The molecule has 3 rings (SSSR count). The molecule has 1 aromatic heterocycles. The van der Waals surface area contributed by atoms with Crippen molar-refractivity contribution < 1.29 is 14.6 Å². The molecule has 2 aromatic rings. The van der Waals surface area contributed by atoms with Crippen molar-refractivity contribution in [3.05, 3.63) is 34.7 Å². The lowest BCUT2D eigenvalue weighted by atomic mass is 10.1. The predicted octanol–water partition coefficient (Wildman–Crippen LogP) is 3.05. The number of nitrogens with zero attached hydrogens (tertiary/aromatic N) is 1. The number of benzene rings is 1. The van der Waals surface area contributed by atoms with Crippen LogP contribution in [0.2, 0.25) is 0 Å². The van der Waals surface area contributed by atoms with E-state index >= 15 is 0 Å². The highest BCUT2D eigenvalue weighted by atomic mass is 32.1. The number of aromatic nitrogens is 1. The molecule has 18 heavy (non-hydrogen) atoms. The highest BCUT2D eigenvalue weighted by molar-refractivity contribution is 7.07. The maximum absolute atomic E-state index is 11.0. The topological polar surface area (TPSA) is 59.4 Å². The Bertz CT molecular complexity index is 576. The van der Waals surface area contributed by atoms with Gasteiger partial charge in [-0.3, -0.25) is 0 Å². The SMILES string of the molecule is O=C(O)c1ccc(OC2CC2)c(-c2cscn2)c1. The van der Waals surface area contributed by atoms with Gasteiger partial charge >= 0.3 is 5.97 Å². The molecule has 1 fully saturated rings. The molecule has 0 spiro atoms. The molecule has 1 saturated carbocycles. The lowest BCUT2D eigenvalue weighted by Crippen LogP contribution is -2.01. The van der Waals surface area contributed by atoms with Crippen molar-refractivity contribution in [2.45, 2.75) is 18.9 Å². The molecule has 1 heterocycles. The van der Waals surface area contributed by atoms with Crippen molar-refractivity contribution in [1.82, 2.24) is 4.98 Å². The fourth-order valence-corrected chi connectivity index (χ4v) is 2.23. The zero-order valence-electron chi connectivity index (χ0n) is 9.50. The second-order valence-electron chi connectivity index (χ2n) is 4.21. The maximum Gasteiger partial charge on any atom is 0.335 e. The van der Waals surface area contributed by atoms with Crippen LogP contribution in [0.25, 0.3) is 11.3 Å². The fourth-order valence-electron chi connectivity index (χ4n) is 1.68. The summed E-state index contributed by atoms with van der Waals surface area (Å²) >= 11 is 1.48. The standard InChI is InChI=1S/C13H11NO3S/c15-13(16)8-1-4-12(17-9-2-3-9)10(5-8)11-6-18-7-14-11/h1,4-7,9H,2-3H2,(H,15,16). The first-order valence-electron chi connectivity index (χ1n) is 5.66. The number of aromatic carboxylic acids is 1. The van der Waals surface area contributed by atoms with Gasteiger partial charge in [0.1, 0.15) is 5.75 Å². The zero-order chi connectivity index (χ0) is 12.5. The number of thiazole rings is 1. The third-order valence-corrected chi connectivity index (χ3v) is 3.34. The molecule has 0 atom stereocenters. The third-order valence-electron chi connectivity index (χ3n) is 2.75. The average Bonchev–Trinajstić information content (AvgIpc) is 3.01. The van der Waals surface area contributed by atoms with Gasteiger partial charge in [-0.1, -0.05) is 0 Å². The Kier molecular flexibility index (Phi) is 2.76. The largest absolute Gasteiger partial charge is 0.490 e. The summed E-state index contributed by atoms with van der Waals surface area (Å²) in [6.45, 7) is 0. The van der Waals surface area contributed by atoms with Crippen molar-refractivity contribution in [2.75, 3.05) is 0 Å². The van der Waals surface area contributed by atoms with Crippen LogP contribution < -0.4 is 4.74 Å². The van der Waals surface area contributed by atoms with E-state index < -0.39 is 5.97 Å². The fraction of sp³-hybridized carbons (Fsp3) is 0.231. The molecule has 4 nitrogen and oxygen atoms in total. The summed E-state index contributed by atoms with van der Waals surface area (Å²) in [7, 11) is 0. The number of hydrogen-bond donors (Lipinski definition) is 1. The summed E-state index contributed by atoms with van der Waals surface area (Å²) in [5.41, 5.74) is 3.49. The maximum atomic E-state index is 11.0.